The van der Waals surface area contributed by atoms with E-state index >= 15 is 0 Å². The monoisotopic (exact) mass is 357 g/mol. The lowest BCUT2D eigenvalue weighted by atomic mass is 10.1. The van der Waals surface area contributed by atoms with Crippen molar-refractivity contribution in [1.82, 2.24) is 4.90 Å². The third-order valence-electron chi connectivity index (χ3n) is 5.19. The fraction of sp³-hybridized carbons (Fsp3) is 0.250. The van der Waals surface area contributed by atoms with E-state index in [0.29, 0.717) is 0 Å². The standard InChI is InChI=1S/C24H27N3/c1-26(17-20-9-4-2-5-10-20)16-15-22-13-8-14-23-24(22)25-19-27(23)18-21-11-6-3-7-12-21/h2-14,25H,15-19H2,1H3. The van der Waals surface area contributed by atoms with Gasteiger partial charge in [0.25, 0.3) is 0 Å². The van der Waals surface area contributed by atoms with Crippen LogP contribution in [-0.4, -0.2) is 25.2 Å². The van der Waals surface area contributed by atoms with Gasteiger partial charge in [0.2, 0.25) is 0 Å². The molecule has 0 spiro atoms. The number of nitrogens with one attached hydrogen (secondary N) is 1. The van der Waals surface area contributed by atoms with Gasteiger partial charge in [-0.1, -0.05) is 72.8 Å². The molecule has 1 heterocycles. The molecule has 0 aliphatic carbocycles. The largest absolute Gasteiger partial charge is 0.366 e. The van der Waals surface area contributed by atoms with E-state index in [0.717, 1.165) is 32.7 Å². The smallest absolute Gasteiger partial charge is 0.0881 e. The summed E-state index contributed by atoms with van der Waals surface area (Å²) in [6.07, 6.45) is 1.05. The number of fused-ring (bicyclic) bond motifs is 1. The molecule has 0 unspecified atom stereocenters. The maximum Gasteiger partial charge on any atom is 0.0881 e. The molecule has 0 atom stereocenters. The Balaban J connectivity index is 1.40. The predicted octanol–water partition coefficient (Wildman–Crippen LogP) is 4.75. The highest BCUT2D eigenvalue weighted by atomic mass is 15.3. The summed E-state index contributed by atoms with van der Waals surface area (Å²) in [5, 5.41) is 3.62. The molecular weight excluding hydrogens is 330 g/mol. The molecule has 3 aromatic carbocycles. The SMILES string of the molecule is CN(CCc1cccc2c1NCN2Cc1ccccc1)Cc1ccccc1. The molecule has 0 saturated heterocycles. The lowest BCUT2D eigenvalue weighted by molar-refractivity contribution is 0.331. The predicted molar refractivity (Wildman–Crippen MR) is 114 cm³/mol. The van der Waals surface area contributed by atoms with Gasteiger partial charge in [-0.3, -0.25) is 0 Å². The Bertz CT molecular complexity index is 861. The van der Waals surface area contributed by atoms with Crippen molar-refractivity contribution >= 4 is 11.4 Å². The van der Waals surface area contributed by atoms with Crippen LogP contribution in [0.15, 0.2) is 78.9 Å². The summed E-state index contributed by atoms with van der Waals surface area (Å²) in [5.74, 6) is 0. The lowest BCUT2D eigenvalue weighted by Crippen LogP contribution is -2.21. The molecule has 0 amide bonds. The van der Waals surface area contributed by atoms with Crippen LogP contribution in [0, 0.1) is 0 Å². The summed E-state index contributed by atoms with van der Waals surface area (Å²) in [4.78, 5) is 4.81. The van der Waals surface area contributed by atoms with Gasteiger partial charge in [-0.25, -0.2) is 0 Å². The number of anilines is 2. The van der Waals surface area contributed by atoms with Gasteiger partial charge < -0.3 is 15.1 Å². The van der Waals surface area contributed by atoms with Gasteiger partial charge in [0.05, 0.1) is 18.0 Å². The first-order valence-electron chi connectivity index (χ1n) is 9.67. The summed E-state index contributed by atoms with van der Waals surface area (Å²) in [6, 6.07) is 28.0. The molecule has 3 nitrogen and oxygen atoms in total. The molecule has 1 aliphatic heterocycles. The van der Waals surface area contributed by atoms with Crippen LogP contribution in [-0.2, 0) is 19.5 Å². The highest BCUT2D eigenvalue weighted by Crippen LogP contribution is 2.35. The third-order valence-corrected chi connectivity index (χ3v) is 5.19. The maximum atomic E-state index is 3.62. The van der Waals surface area contributed by atoms with Crippen molar-refractivity contribution in [3.63, 3.8) is 0 Å². The normalized spacial score (nSPS) is 12.9. The zero-order valence-corrected chi connectivity index (χ0v) is 15.9. The molecule has 1 N–H and O–H groups in total. The van der Waals surface area contributed by atoms with E-state index in [1.807, 2.05) is 0 Å². The van der Waals surface area contributed by atoms with Crippen LogP contribution in [0.1, 0.15) is 16.7 Å². The molecule has 0 radical (unpaired) electrons. The summed E-state index contributed by atoms with van der Waals surface area (Å²) >= 11 is 0. The Kier molecular flexibility index (Phi) is 5.40. The van der Waals surface area contributed by atoms with E-state index < -0.39 is 0 Å². The van der Waals surface area contributed by atoms with Crippen LogP contribution in [0.25, 0.3) is 0 Å². The van der Waals surface area contributed by atoms with Crippen LogP contribution >= 0.6 is 0 Å². The Labute approximate surface area is 162 Å². The molecule has 0 bridgehead atoms. The number of benzene rings is 3. The number of hydrogen-bond donors (Lipinski definition) is 1. The number of nitrogens with zero attached hydrogens (tertiary/aromatic N) is 2. The first kappa shape index (κ1) is 17.6. The summed E-state index contributed by atoms with van der Waals surface area (Å²) in [7, 11) is 2.20. The van der Waals surface area contributed by atoms with Crippen molar-refractivity contribution < 1.29 is 0 Å². The first-order valence-corrected chi connectivity index (χ1v) is 9.67. The summed E-state index contributed by atoms with van der Waals surface area (Å²) in [6.45, 7) is 3.86. The minimum Gasteiger partial charge on any atom is -0.366 e. The first-order chi connectivity index (χ1) is 13.3. The third kappa shape index (κ3) is 4.32. The summed E-state index contributed by atoms with van der Waals surface area (Å²) < 4.78 is 0. The van der Waals surface area contributed by atoms with Crippen molar-refractivity contribution in [2.75, 3.05) is 30.5 Å². The Morgan fingerprint density at radius 2 is 1.56 bits per heavy atom. The minimum atomic E-state index is 0.876. The van der Waals surface area contributed by atoms with Crippen LogP contribution in [0.3, 0.4) is 0 Å². The Morgan fingerprint density at radius 1 is 0.852 bits per heavy atom. The van der Waals surface area contributed by atoms with E-state index in [4.69, 9.17) is 0 Å². The minimum absolute atomic E-state index is 0.876. The highest BCUT2D eigenvalue weighted by molar-refractivity contribution is 5.78. The second-order valence-electron chi connectivity index (χ2n) is 7.30. The van der Waals surface area contributed by atoms with Gasteiger partial charge in [0.1, 0.15) is 0 Å². The van der Waals surface area contributed by atoms with Crippen LogP contribution in [0.2, 0.25) is 0 Å². The molecule has 3 heteroatoms. The van der Waals surface area contributed by atoms with Crippen molar-refractivity contribution in [3.8, 4) is 0 Å². The number of rotatable bonds is 7. The zero-order valence-electron chi connectivity index (χ0n) is 15.9. The molecule has 0 fully saturated rings. The Hall–Kier alpha value is -2.78. The topological polar surface area (TPSA) is 18.5 Å². The lowest BCUT2D eigenvalue weighted by Gasteiger charge is -2.19. The zero-order chi connectivity index (χ0) is 18.5. The molecule has 1 aliphatic rings. The maximum absolute atomic E-state index is 3.62. The second kappa shape index (κ2) is 8.28. The Morgan fingerprint density at radius 3 is 2.30 bits per heavy atom. The summed E-state index contributed by atoms with van der Waals surface area (Å²) in [5.41, 5.74) is 6.75. The molecular formula is C24H27N3. The average Bonchev–Trinajstić information content (AvgIpc) is 3.11. The van der Waals surface area contributed by atoms with E-state index in [2.05, 4.69) is 101 Å². The number of para-hydroxylation sites is 1. The van der Waals surface area contributed by atoms with Crippen molar-refractivity contribution in [1.29, 1.82) is 0 Å². The molecule has 4 rings (SSSR count). The van der Waals surface area contributed by atoms with Crippen LogP contribution < -0.4 is 10.2 Å². The van der Waals surface area contributed by atoms with Gasteiger partial charge in [0.15, 0.2) is 0 Å². The van der Waals surface area contributed by atoms with Gasteiger partial charge in [0, 0.05) is 19.6 Å². The highest BCUT2D eigenvalue weighted by Gasteiger charge is 2.21. The van der Waals surface area contributed by atoms with E-state index in [9.17, 15) is 0 Å². The van der Waals surface area contributed by atoms with E-state index in [-0.39, 0.29) is 0 Å². The fourth-order valence-corrected chi connectivity index (χ4v) is 3.75. The fourth-order valence-electron chi connectivity index (χ4n) is 3.75. The quantitative estimate of drug-likeness (QED) is 0.658. The van der Waals surface area contributed by atoms with Gasteiger partial charge in [-0.05, 0) is 36.2 Å². The molecule has 27 heavy (non-hydrogen) atoms. The number of likely N-dealkylation sites (N-methyl/N-ethyl adjacent to an activating group) is 1. The molecule has 0 aromatic heterocycles. The number of hydrogen-bond acceptors (Lipinski definition) is 3. The molecule has 3 aromatic rings. The van der Waals surface area contributed by atoms with Gasteiger partial charge in [-0.2, -0.15) is 0 Å². The average molecular weight is 358 g/mol. The van der Waals surface area contributed by atoms with Gasteiger partial charge >= 0.3 is 0 Å². The van der Waals surface area contributed by atoms with Gasteiger partial charge in [-0.15, -0.1) is 0 Å². The molecule has 0 saturated carbocycles. The van der Waals surface area contributed by atoms with Crippen LogP contribution in [0.5, 0.6) is 0 Å². The van der Waals surface area contributed by atoms with Crippen molar-refractivity contribution in [3.05, 3.63) is 95.6 Å². The molecule has 138 valence electrons. The van der Waals surface area contributed by atoms with Crippen LogP contribution in [0.4, 0.5) is 11.4 Å². The van der Waals surface area contributed by atoms with E-state index in [1.165, 1.54) is 28.1 Å². The van der Waals surface area contributed by atoms with Crippen molar-refractivity contribution in [2.24, 2.45) is 0 Å². The van der Waals surface area contributed by atoms with E-state index in [1.54, 1.807) is 0 Å². The second-order valence-corrected chi connectivity index (χ2v) is 7.30. The van der Waals surface area contributed by atoms with Crippen molar-refractivity contribution in [2.45, 2.75) is 19.5 Å².